The maximum absolute atomic E-state index is 12.5. The summed E-state index contributed by atoms with van der Waals surface area (Å²) in [4.78, 5) is 14.4. The van der Waals surface area contributed by atoms with Gasteiger partial charge < -0.3 is 4.90 Å². The second-order valence-electron chi connectivity index (χ2n) is 5.29. The Kier molecular flexibility index (Phi) is 4.81. The van der Waals surface area contributed by atoms with E-state index >= 15 is 0 Å². The molecule has 1 aliphatic rings. The van der Waals surface area contributed by atoms with E-state index < -0.39 is 10.0 Å². The van der Waals surface area contributed by atoms with Crippen molar-refractivity contribution < 1.29 is 8.42 Å². The van der Waals surface area contributed by atoms with Gasteiger partial charge in [0, 0.05) is 31.5 Å². The van der Waals surface area contributed by atoms with E-state index in [1.807, 2.05) is 4.90 Å². The third kappa shape index (κ3) is 3.79. The smallest absolute Gasteiger partial charge is 0.252 e. The number of piperidine rings is 1. The minimum atomic E-state index is -3.62. The molecule has 0 aliphatic carbocycles. The Morgan fingerprint density at radius 2 is 2.13 bits per heavy atom. The van der Waals surface area contributed by atoms with Gasteiger partial charge in [-0.25, -0.2) is 28.1 Å². The number of thiazole rings is 1. The third-order valence-electron chi connectivity index (χ3n) is 3.55. The summed E-state index contributed by atoms with van der Waals surface area (Å²) in [5.41, 5.74) is 0.423. The lowest BCUT2D eigenvalue weighted by Crippen LogP contribution is -2.48. The molecule has 2 aromatic heterocycles. The van der Waals surface area contributed by atoms with Gasteiger partial charge in [0.1, 0.15) is 0 Å². The van der Waals surface area contributed by atoms with Gasteiger partial charge in [0.2, 0.25) is 5.95 Å². The number of nitrogens with one attached hydrogen (secondary N) is 1. The average Bonchev–Trinajstić information content (AvgIpc) is 2.88. The first kappa shape index (κ1) is 16.6. The van der Waals surface area contributed by atoms with Crippen molar-refractivity contribution in [1.82, 2.24) is 19.7 Å². The number of rotatable bonds is 4. The van der Waals surface area contributed by atoms with Crippen molar-refractivity contribution in [2.45, 2.75) is 30.0 Å². The number of aromatic nitrogens is 3. The van der Waals surface area contributed by atoms with Crippen LogP contribution >= 0.6 is 22.9 Å². The summed E-state index contributed by atoms with van der Waals surface area (Å²) in [7, 11) is -3.62. The minimum absolute atomic E-state index is 0.176. The van der Waals surface area contributed by atoms with E-state index in [0.29, 0.717) is 18.2 Å². The second kappa shape index (κ2) is 6.68. The molecule has 0 radical (unpaired) electrons. The van der Waals surface area contributed by atoms with Crippen molar-refractivity contribution in [3.05, 3.63) is 28.6 Å². The van der Waals surface area contributed by atoms with Crippen molar-refractivity contribution >= 4 is 38.9 Å². The quantitative estimate of drug-likeness (QED) is 0.879. The summed E-state index contributed by atoms with van der Waals surface area (Å²) < 4.78 is 28.2. The molecule has 3 rings (SSSR count). The molecule has 1 atom stereocenters. The highest BCUT2D eigenvalue weighted by atomic mass is 35.5. The molecule has 1 aliphatic heterocycles. The third-order valence-corrected chi connectivity index (χ3v) is 6.94. The summed E-state index contributed by atoms with van der Waals surface area (Å²) in [6.45, 7) is 2.99. The maximum Gasteiger partial charge on any atom is 0.252 e. The summed E-state index contributed by atoms with van der Waals surface area (Å²) in [6, 6.07) is 1.56. The molecule has 0 spiro atoms. The van der Waals surface area contributed by atoms with Crippen LogP contribution in [0.3, 0.4) is 0 Å². The Bertz CT molecular complexity index is 781. The van der Waals surface area contributed by atoms with Crippen LogP contribution in [-0.2, 0) is 10.0 Å². The molecular formula is C13H16ClN5O2S2. The van der Waals surface area contributed by atoms with Gasteiger partial charge in [-0.3, -0.25) is 0 Å². The highest BCUT2D eigenvalue weighted by molar-refractivity contribution is 7.91. The molecule has 0 bridgehead atoms. The van der Waals surface area contributed by atoms with Crippen LogP contribution in [0.4, 0.5) is 5.95 Å². The lowest BCUT2D eigenvalue weighted by Gasteiger charge is -2.32. The van der Waals surface area contributed by atoms with Gasteiger partial charge in [0.15, 0.2) is 8.68 Å². The summed E-state index contributed by atoms with van der Waals surface area (Å²) in [5.74, 6) is 0.619. The van der Waals surface area contributed by atoms with Gasteiger partial charge in [-0.1, -0.05) is 22.9 Å². The van der Waals surface area contributed by atoms with Crippen molar-refractivity contribution in [2.24, 2.45) is 0 Å². The molecule has 0 saturated carbocycles. The SMILES string of the molecule is Cc1nc(Cl)sc1S(=O)(=O)NC1CCCN(c2ncccn2)C1. The summed E-state index contributed by atoms with van der Waals surface area (Å²) in [6.07, 6.45) is 5.00. The molecule has 2 aromatic rings. The van der Waals surface area contributed by atoms with E-state index in [9.17, 15) is 8.42 Å². The molecule has 23 heavy (non-hydrogen) atoms. The Labute approximate surface area is 143 Å². The number of nitrogens with zero attached hydrogens (tertiary/aromatic N) is 4. The molecule has 3 heterocycles. The van der Waals surface area contributed by atoms with Crippen LogP contribution in [0.15, 0.2) is 22.7 Å². The van der Waals surface area contributed by atoms with Crippen molar-refractivity contribution in [3.8, 4) is 0 Å². The fourth-order valence-corrected chi connectivity index (χ4v) is 5.60. The van der Waals surface area contributed by atoms with Gasteiger partial charge in [-0.05, 0) is 25.8 Å². The van der Waals surface area contributed by atoms with Gasteiger partial charge in [0.05, 0.1) is 5.69 Å². The van der Waals surface area contributed by atoms with E-state index in [0.717, 1.165) is 30.7 Å². The van der Waals surface area contributed by atoms with Gasteiger partial charge in [0.25, 0.3) is 10.0 Å². The highest BCUT2D eigenvalue weighted by Crippen LogP contribution is 2.27. The van der Waals surface area contributed by atoms with Crippen LogP contribution in [0.2, 0.25) is 4.47 Å². The van der Waals surface area contributed by atoms with Crippen LogP contribution in [0, 0.1) is 6.92 Å². The zero-order valence-electron chi connectivity index (χ0n) is 12.4. The van der Waals surface area contributed by atoms with E-state index in [2.05, 4.69) is 19.7 Å². The first-order chi connectivity index (χ1) is 11.0. The molecule has 1 unspecified atom stereocenters. The number of sulfonamides is 1. The minimum Gasteiger partial charge on any atom is -0.339 e. The van der Waals surface area contributed by atoms with Crippen LogP contribution in [-0.4, -0.2) is 42.5 Å². The number of aryl methyl sites for hydroxylation is 1. The predicted molar refractivity (Wildman–Crippen MR) is 89.4 cm³/mol. The van der Waals surface area contributed by atoms with E-state index in [1.54, 1.807) is 25.4 Å². The molecule has 7 nitrogen and oxygen atoms in total. The number of anilines is 1. The first-order valence-corrected chi connectivity index (χ1v) is 9.81. The topological polar surface area (TPSA) is 88.1 Å². The summed E-state index contributed by atoms with van der Waals surface area (Å²) in [5, 5.41) is 0. The van der Waals surface area contributed by atoms with Crippen LogP contribution in [0.25, 0.3) is 0 Å². The Hall–Kier alpha value is -1.29. The molecule has 1 saturated heterocycles. The lowest BCUT2D eigenvalue weighted by molar-refractivity contribution is 0.462. The van der Waals surface area contributed by atoms with E-state index in [-0.39, 0.29) is 14.7 Å². The second-order valence-corrected chi connectivity index (χ2v) is 8.79. The standard InChI is InChI=1S/C13H16ClN5O2S2/c1-9-11(22-12(14)17-9)23(20,21)18-10-4-2-7-19(8-10)13-15-5-3-6-16-13/h3,5-6,10,18H,2,4,7-8H2,1H3. The Morgan fingerprint density at radius 3 is 2.78 bits per heavy atom. The van der Waals surface area contributed by atoms with Crippen molar-refractivity contribution in [3.63, 3.8) is 0 Å². The zero-order valence-corrected chi connectivity index (χ0v) is 14.8. The fraction of sp³-hybridized carbons (Fsp3) is 0.462. The van der Waals surface area contributed by atoms with Gasteiger partial charge >= 0.3 is 0 Å². The van der Waals surface area contributed by atoms with Crippen LogP contribution in [0.5, 0.6) is 0 Å². The first-order valence-electron chi connectivity index (χ1n) is 7.13. The maximum atomic E-state index is 12.5. The number of hydrogen-bond acceptors (Lipinski definition) is 7. The molecule has 124 valence electrons. The van der Waals surface area contributed by atoms with Gasteiger partial charge in [-0.15, -0.1) is 0 Å². The van der Waals surface area contributed by atoms with Crippen LogP contribution < -0.4 is 9.62 Å². The molecule has 10 heteroatoms. The van der Waals surface area contributed by atoms with Crippen molar-refractivity contribution in [1.29, 1.82) is 0 Å². The summed E-state index contributed by atoms with van der Waals surface area (Å²) >= 11 is 6.78. The molecule has 1 N–H and O–H groups in total. The monoisotopic (exact) mass is 373 g/mol. The largest absolute Gasteiger partial charge is 0.339 e. The van der Waals surface area contributed by atoms with E-state index in [4.69, 9.17) is 11.6 Å². The fourth-order valence-electron chi connectivity index (χ4n) is 2.58. The number of halogens is 1. The number of hydrogen-bond donors (Lipinski definition) is 1. The molecular weight excluding hydrogens is 358 g/mol. The van der Waals surface area contributed by atoms with Crippen LogP contribution in [0.1, 0.15) is 18.5 Å². The molecule has 0 amide bonds. The Morgan fingerprint density at radius 1 is 1.39 bits per heavy atom. The molecule has 1 fully saturated rings. The van der Waals surface area contributed by atoms with Crippen molar-refractivity contribution in [2.75, 3.05) is 18.0 Å². The Balaban J connectivity index is 1.74. The molecule has 0 aromatic carbocycles. The predicted octanol–water partition coefficient (Wildman–Crippen LogP) is 1.84. The zero-order chi connectivity index (χ0) is 16.4. The lowest BCUT2D eigenvalue weighted by atomic mass is 10.1. The normalized spacial score (nSPS) is 19.0. The van der Waals surface area contributed by atoms with E-state index in [1.165, 1.54) is 0 Å². The highest BCUT2D eigenvalue weighted by Gasteiger charge is 2.28. The average molecular weight is 374 g/mol. The van der Waals surface area contributed by atoms with Gasteiger partial charge in [-0.2, -0.15) is 0 Å².